The molecule has 2 amide bonds. The summed E-state index contributed by atoms with van der Waals surface area (Å²) in [6, 6.07) is 6.70. The molecule has 8 nitrogen and oxygen atoms in total. The highest BCUT2D eigenvalue weighted by Gasteiger charge is 2.49. The molecule has 2 saturated carbocycles. The van der Waals surface area contributed by atoms with Gasteiger partial charge in [0.25, 0.3) is 5.91 Å². The second kappa shape index (κ2) is 12.2. The SMILES string of the molecule is Cc1c(C(=O)NCC(C)(C)NC(=O)CCC(=O)O)cc(-c2cc(C(C)(C)C)c3c(c2)C2(CCO3)CC2)n1CC1CCCCC1. The number of carboxylic acids is 1. The standard InChI is InChI=1S/C36H51N3O5/c1-23-26(33(43)37-22-35(5,6)38-30(40)12-13-31(41)42)20-29(39(23)21-24-10-8-7-9-11-24)25-18-27(34(2,3)4)32-28(19-25)36(14-15-36)16-17-44-32/h18-20,24H,7-17,21-22H2,1-6H3,(H,37,43)(H,38,40)(H,41,42). The first-order valence-corrected chi connectivity index (χ1v) is 16.5. The highest BCUT2D eigenvalue weighted by Crippen LogP contribution is 2.58. The molecule has 0 unspecified atom stereocenters. The zero-order valence-corrected chi connectivity index (χ0v) is 27.5. The molecule has 44 heavy (non-hydrogen) atoms. The third kappa shape index (κ3) is 7.00. The number of aromatic nitrogens is 1. The number of aliphatic carboxylic acids is 1. The minimum atomic E-state index is -1.01. The third-order valence-corrected chi connectivity index (χ3v) is 9.96. The molecule has 8 heteroatoms. The second-order valence-electron chi connectivity index (χ2n) is 15.2. The van der Waals surface area contributed by atoms with Crippen LogP contribution in [0.15, 0.2) is 18.2 Å². The van der Waals surface area contributed by atoms with E-state index < -0.39 is 11.5 Å². The molecule has 1 aliphatic heterocycles. The van der Waals surface area contributed by atoms with E-state index in [1.165, 1.54) is 56.1 Å². The van der Waals surface area contributed by atoms with Gasteiger partial charge in [-0.05, 0) is 88.0 Å². The van der Waals surface area contributed by atoms with Crippen molar-refractivity contribution in [2.24, 2.45) is 5.92 Å². The van der Waals surface area contributed by atoms with Gasteiger partial charge in [-0.3, -0.25) is 14.4 Å². The van der Waals surface area contributed by atoms with E-state index in [9.17, 15) is 14.4 Å². The van der Waals surface area contributed by atoms with Crippen molar-refractivity contribution in [3.63, 3.8) is 0 Å². The molecule has 1 spiro atoms. The molecule has 0 saturated heterocycles. The summed E-state index contributed by atoms with van der Waals surface area (Å²) in [4.78, 5) is 36.9. The smallest absolute Gasteiger partial charge is 0.303 e. The van der Waals surface area contributed by atoms with E-state index in [1.807, 2.05) is 13.8 Å². The Morgan fingerprint density at radius 1 is 1.00 bits per heavy atom. The molecule has 3 aliphatic rings. The first kappa shape index (κ1) is 32.1. The third-order valence-electron chi connectivity index (χ3n) is 9.96. The number of carbonyl (C=O) groups is 3. The molecule has 0 bridgehead atoms. The number of hydrogen-bond donors (Lipinski definition) is 3. The fraction of sp³-hybridized carbons (Fsp3) is 0.639. The Bertz CT molecular complexity index is 1400. The number of benzene rings is 1. The summed E-state index contributed by atoms with van der Waals surface area (Å²) in [5.41, 5.74) is 5.79. The number of rotatable bonds is 10. The zero-order chi connectivity index (χ0) is 31.9. The Labute approximate surface area is 262 Å². The molecular formula is C36H51N3O5. The largest absolute Gasteiger partial charge is 0.493 e. The van der Waals surface area contributed by atoms with Gasteiger partial charge in [0, 0.05) is 47.4 Å². The lowest BCUT2D eigenvalue weighted by Gasteiger charge is -2.33. The molecule has 3 N–H and O–H groups in total. The molecule has 240 valence electrons. The maximum atomic E-state index is 13.7. The molecular weight excluding hydrogens is 554 g/mol. The van der Waals surface area contributed by atoms with Crippen LogP contribution >= 0.6 is 0 Å². The average Bonchev–Trinajstić information content (AvgIpc) is 3.66. The highest BCUT2D eigenvalue weighted by molar-refractivity contribution is 5.97. The van der Waals surface area contributed by atoms with Crippen molar-refractivity contribution >= 4 is 17.8 Å². The summed E-state index contributed by atoms with van der Waals surface area (Å²) in [5, 5.41) is 14.8. The number of carbonyl (C=O) groups excluding carboxylic acids is 2. The van der Waals surface area contributed by atoms with Crippen molar-refractivity contribution in [2.45, 2.75) is 129 Å². The molecule has 2 aliphatic carbocycles. The summed E-state index contributed by atoms with van der Waals surface area (Å²) in [6.07, 6.45) is 9.38. The lowest BCUT2D eigenvalue weighted by atomic mass is 9.79. The van der Waals surface area contributed by atoms with Crippen LogP contribution in [0.2, 0.25) is 0 Å². The van der Waals surface area contributed by atoms with E-state index in [0.717, 1.165) is 42.3 Å². The van der Waals surface area contributed by atoms with E-state index in [1.54, 1.807) is 0 Å². The van der Waals surface area contributed by atoms with Crippen LogP contribution in [0.25, 0.3) is 11.3 Å². The van der Waals surface area contributed by atoms with E-state index in [0.29, 0.717) is 11.5 Å². The fourth-order valence-electron chi connectivity index (χ4n) is 7.12. The zero-order valence-electron chi connectivity index (χ0n) is 27.5. The summed E-state index contributed by atoms with van der Waals surface area (Å²) in [5.74, 6) is 0.127. The maximum absolute atomic E-state index is 13.7. The number of ether oxygens (including phenoxy) is 1. The highest BCUT2D eigenvalue weighted by atomic mass is 16.5. The lowest BCUT2D eigenvalue weighted by Crippen LogP contribution is -2.51. The number of carboxylic acid groups (broad SMARTS) is 1. The molecule has 2 fully saturated rings. The van der Waals surface area contributed by atoms with Gasteiger partial charge >= 0.3 is 5.97 Å². The summed E-state index contributed by atoms with van der Waals surface area (Å²) in [7, 11) is 0. The minimum Gasteiger partial charge on any atom is -0.493 e. The van der Waals surface area contributed by atoms with E-state index in [-0.39, 0.29) is 42.0 Å². The van der Waals surface area contributed by atoms with Crippen LogP contribution < -0.4 is 15.4 Å². The van der Waals surface area contributed by atoms with Gasteiger partial charge in [0.05, 0.1) is 24.1 Å². The van der Waals surface area contributed by atoms with Gasteiger partial charge in [-0.25, -0.2) is 0 Å². The number of fused-ring (bicyclic) bond motifs is 2. The van der Waals surface area contributed by atoms with E-state index in [4.69, 9.17) is 9.84 Å². The summed E-state index contributed by atoms with van der Waals surface area (Å²) >= 11 is 0. The molecule has 2 heterocycles. The molecule has 0 radical (unpaired) electrons. The van der Waals surface area contributed by atoms with Gasteiger partial charge < -0.3 is 25.0 Å². The normalized spacial score (nSPS) is 18.0. The van der Waals surface area contributed by atoms with Crippen molar-refractivity contribution in [3.05, 3.63) is 40.6 Å². The van der Waals surface area contributed by atoms with Crippen molar-refractivity contribution in [1.82, 2.24) is 15.2 Å². The van der Waals surface area contributed by atoms with Crippen LogP contribution in [0.4, 0.5) is 0 Å². The van der Waals surface area contributed by atoms with Crippen molar-refractivity contribution < 1.29 is 24.2 Å². The van der Waals surface area contributed by atoms with Crippen LogP contribution in [0.1, 0.15) is 126 Å². The molecule has 2 aromatic rings. The average molecular weight is 606 g/mol. The van der Waals surface area contributed by atoms with Gasteiger partial charge in [-0.1, -0.05) is 40.0 Å². The topological polar surface area (TPSA) is 110 Å². The predicted octanol–water partition coefficient (Wildman–Crippen LogP) is 6.64. The monoisotopic (exact) mass is 605 g/mol. The van der Waals surface area contributed by atoms with Gasteiger partial charge in [-0.2, -0.15) is 0 Å². The quantitative estimate of drug-likeness (QED) is 0.281. The minimum absolute atomic E-state index is 0.0932. The fourth-order valence-corrected chi connectivity index (χ4v) is 7.12. The van der Waals surface area contributed by atoms with Crippen molar-refractivity contribution in [3.8, 4) is 17.0 Å². The van der Waals surface area contributed by atoms with Crippen LogP contribution in [0.3, 0.4) is 0 Å². The summed E-state index contributed by atoms with van der Waals surface area (Å²) in [6.45, 7) is 14.3. The first-order valence-electron chi connectivity index (χ1n) is 16.5. The van der Waals surface area contributed by atoms with E-state index in [2.05, 4.69) is 61.1 Å². The Morgan fingerprint density at radius 3 is 2.34 bits per heavy atom. The Hall–Kier alpha value is -3.29. The Balaban J connectivity index is 1.48. The summed E-state index contributed by atoms with van der Waals surface area (Å²) < 4.78 is 8.73. The van der Waals surface area contributed by atoms with Crippen molar-refractivity contribution in [2.75, 3.05) is 13.2 Å². The number of amides is 2. The number of nitrogens with zero attached hydrogens (tertiary/aromatic N) is 1. The van der Waals surface area contributed by atoms with Crippen LogP contribution in [0, 0.1) is 12.8 Å². The first-order chi connectivity index (χ1) is 20.7. The van der Waals surface area contributed by atoms with Gasteiger partial charge in [0.2, 0.25) is 5.91 Å². The molecule has 0 atom stereocenters. The molecule has 1 aromatic carbocycles. The van der Waals surface area contributed by atoms with Crippen molar-refractivity contribution in [1.29, 1.82) is 0 Å². The maximum Gasteiger partial charge on any atom is 0.303 e. The number of nitrogens with one attached hydrogen (secondary N) is 2. The van der Waals surface area contributed by atoms with Crippen LogP contribution in [-0.4, -0.2) is 46.1 Å². The van der Waals surface area contributed by atoms with Crippen LogP contribution in [-0.2, 0) is 27.0 Å². The van der Waals surface area contributed by atoms with Gasteiger partial charge in [-0.15, -0.1) is 0 Å². The van der Waals surface area contributed by atoms with Crippen LogP contribution in [0.5, 0.6) is 5.75 Å². The van der Waals surface area contributed by atoms with Gasteiger partial charge in [0.15, 0.2) is 0 Å². The second-order valence-corrected chi connectivity index (χ2v) is 15.2. The molecule has 5 rings (SSSR count). The van der Waals surface area contributed by atoms with E-state index >= 15 is 0 Å². The molecule has 1 aromatic heterocycles. The number of hydrogen-bond acceptors (Lipinski definition) is 4. The predicted molar refractivity (Wildman–Crippen MR) is 172 cm³/mol. The Kier molecular flexibility index (Phi) is 8.94. The Morgan fingerprint density at radius 2 is 1.70 bits per heavy atom. The van der Waals surface area contributed by atoms with Gasteiger partial charge in [0.1, 0.15) is 5.75 Å². The lowest BCUT2D eigenvalue weighted by molar-refractivity contribution is -0.139.